The monoisotopic (exact) mass is 622 g/mol. The fraction of sp³-hybridized carbons (Fsp3) is 0.250. The SMILES string of the molecule is COC(=O)c1ncc(-c2ccc3c(c2)c(C(C)=O)cn3CC(=O)N2C[C@H](F)C[C@H]2C(=O)Nc2cccc(Br)n2)cn1. The molecule has 0 spiro atoms. The number of carbonyl (C=O) groups is 4. The molecular weight excluding hydrogens is 599 g/mol. The third-order valence-corrected chi connectivity index (χ3v) is 7.20. The fourth-order valence-electron chi connectivity index (χ4n) is 4.79. The Morgan fingerprint density at radius 2 is 1.88 bits per heavy atom. The lowest BCUT2D eigenvalue weighted by Crippen LogP contribution is -2.44. The minimum Gasteiger partial charge on any atom is -0.463 e. The number of hydrogen-bond donors (Lipinski definition) is 1. The molecule has 1 fully saturated rings. The van der Waals surface area contributed by atoms with Crippen molar-refractivity contribution >= 4 is 56.2 Å². The van der Waals surface area contributed by atoms with E-state index in [2.05, 4.69) is 40.9 Å². The van der Waals surface area contributed by atoms with E-state index in [9.17, 15) is 23.6 Å². The van der Waals surface area contributed by atoms with Gasteiger partial charge in [0, 0.05) is 47.0 Å². The number of alkyl halides is 1. The Hall–Kier alpha value is -4.52. The number of anilines is 1. The van der Waals surface area contributed by atoms with Crippen molar-refractivity contribution in [2.24, 2.45) is 0 Å². The van der Waals surface area contributed by atoms with Crippen molar-refractivity contribution in [2.75, 3.05) is 19.0 Å². The highest BCUT2D eigenvalue weighted by atomic mass is 79.9. The van der Waals surface area contributed by atoms with E-state index in [1.54, 1.807) is 47.2 Å². The van der Waals surface area contributed by atoms with E-state index < -0.39 is 30.0 Å². The maximum absolute atomic E-state index is 14.5. The zero-order chi connectivity index (χ0) is 29.3. The second-order valence-electron chi connectivity index (χ2n) is 9.48. The molecule has 11 nitrogen and oxygen atoms in total. The molecule has 4 heterocycles. The predicted octanol–water partition coefficient (Wildman–Crippen LogP) is 3.82. The van der Waals surface area contributed by atoms with Crippen LogP contribution in [-0.2, 0) is 20.9 Å². The highest BCUT2D eigenvalue weighted by Gasteiger charge is 2.40. The Balaban J connectivity index is 1.40. The van der Waals surface area contributed by atoms with Gasteiger partial charge in [-0.15, -0.1) is 0 Å². The summed E-state index contributed by atoms with van der Waals surface area (Å²) in [6.07, 6.45) is 3.05. The number of aromatic nitrogens is 4. The van der Waals surface area contributed by atoms with Crippen molar-refractivity contribution in [3.05, 3.63) is 71.0 Å². The molecule has 1 N–H and O–H groups in total. The smallest absolute Gasteiger partial charge is 0.376 e. The number of likely N-dealkylation sites (tertiary alicyclic amines) is 1. The number of ether oxygens (including phenoxy) is 1. The van der Waals surface area contributed by atoms with Crippen LogP contribution < -0.4 is 5.32 Å². The van der Waals surface area contributed by atoms with E-state index in [0.29, 0.717) is 32.2 Å². The normalized spacial score (nSPS) is 16.5. The maximum atomic E-state index is 14.5. The van der Waals surface area contributed by atoms with E-state index in [1.165, 1.54) is 31.3 Å². The molecule has 2 atom stereocenters. The van der Waals surface area contributed by atoms with Gasteiger partial charge >= 0.3 is 5.97 Å². The Morgan fingerprint density at radius 3 is 2.56 bits per heavy atom. The number of hydrogen-bond acceptors (Lipinski definition) is 8. The van der Waals surface area contributed by atoms with Crippen molar-refractivity contribution in [3.8, 4) is 11.1 Å². The van der Waals surface area contributed by atoms with E-state index in [1.807, 2.05) is 0 Å². The van der Waals surface area contributed by atoms with E-state index in [-0.39, 0.29) is 36.9 Å². The Morgan fingerprint density at radius 1 is 1.12 bits per heavy atom. The minimum atomic E-state index is -1.35. The number of ketones is 1. The molecule has 0 radical (unpaired) electrons. The molecule has 210 valence electrons. The van der Waals surface area contributed by atoms with E-state index in [0.717, 1.165) is 0 Å². The van der Waals surface area contributed by atoms with E-state index >= 15 is 0 Å². The van der Waals surface area contributed by atoms with Gasteiger partial charge in [-0.3, -0.25) is 14.4 Å². The van der Waals surface area contributed by atoms with Crippen LogP contribution in [0.4, 0.5) is 10.2 Å². The van der Waals surface area contributed by atoms with Crippen LogP contribution in [0.25, 0.3) is 22.0 Å². The minimum absolute atomic E-state index is 0.0799. The first-order chi connectivity index (χ1) is 19.6. The number of methoxy groups -OCH3 is 1. The number of nitrogens with one attached hydrogen (secondary N) is 1. The standard InChI is InChI=1S/C28H24BrFN6O5/c1-15(37)20-13-35(21-7-6-16(8-19(20)21)17-10-31-26(32-11-17)28(40)41-2)14-25(38)36-12-18(30)9-22(36)27(39)34-24-5-3-4-23(29)33-24/h3-8,10-11,13,18,22H,9,12,14H2,1-2H3,(H,33,34,39)/t18-,22+/m1/s1. The zero-order valence-electron chi connectivity index (χ0n) is 22.0. The lowest BCUT2D eigenvalue weighted by molar-refractivity contribution is -0.137. The molecule has 0 saturated carbocycles. The van der Waals surface area contributed by atoms with Gasteiger partial charge in [-0.1, -0.05) is 12.1 Å². The summed E-state index contributed by atoms with van der Waals surface area (Å²) in [4.78, 5) is 64.0. The zero-order valence-corrected chi connectivity index (χ0v) is 23.6. The molecule has 2 amide bonds. The molecule has 4 aromatic rings. The molecule has 41 heavy (non-hydrogen) atoms. The Bertz CT molecular complexity index is 1670. The average molecular weight is 623 g/mol. The van der Waals surface area contributed by atoms with Gasteiger partial charge in [0.1, 0.15) is 29.2 Å². The summed E-state index contributed by atoms with van der Waals surface area (Å²) in [5.41, 5.74) is 2.30. The molecule has 1 aliphatic heterocycles. The number of fused-ring (bicyclic) bond motifs is 1. The lowest BCUT2D eigenvalue weighted by atomic mass is 10.0. The Kier molecular flexibility index (Phi) is 7.88. The number of nitrogens with zero attached hydrogens (tertiary/aromatic N) is 5. The van der Waals surface area contributed by atoms with E-state index in [4.69, 9.17) is 0 Å². The van der Waals surface area contributed by atoms with Crippen molar-refractivity contribution in [3.63, 3.8) is 0 Å². The summed E-state index contributed by atoms with van der Waals surface area (Å²) in [6, 6.07) is 9.29. The Labute approximate surface area is 241 Å². The highest BCUT2D eigenvalue weighted by Crippen LogP contribution is 2.29. The molecule has 3 aromatic heterocycles. The van der Waals surface area contributed by atoms with Gasteiger partial charge in [0.25, 0.3) is 0 Å². The van der Waals surface area contributed by atoms with Gasteiger partial charge in [0.15, 0.2) is 5.78 Å². The molecule has 0 unspecified atom stereocenters. The van der Waals surface area contributed by atoms with Crippen LogP contribution in [0.5, 0.6) is 0 Å². The summed E-state index contributed by atoms with van der Waals surface area (Å²) >= 11 is 3.24. The predicted molar refractivity (Wildman–Crippen MR) is 150 cm³/mol. The van der Waals surface area contributed by atoms with Crippen molar-refractivity contribution in [1.29, 1.82) is 0 Å². The first-order valence-corrected chi connectivity index (χ1v) is 13.4. The number of Topliss-reactive ketones (excluding diaryl/α,β-unsaturated/α-hetero) is 1. The van der Waals surface area contributed by atoms with Crippen LogP contribution in [0.1, 0.15) is 34.3 Å². The van der Waals surface area contributed by atoms with Gasteiger partial charge in [0.2, 0.25) is 17.6 Å². The largest absolute Gasteiger partial charge is 0.463 e. The first-order valence-electron chi connectivity index (χ1n) is 12.6. The number of benzene rings is 1. The molecule has 1 aromatic carbocycles. The number of carbonyl (C=O) groups excluding carboxylic acids is 4. The molecule has 1 saturated heterocycles. The van der Waals surface area contributed by atoms with Gasteiger partial charge in [0.05, 0.1) is 13.7 Å². The highest BCUT2D eigenvalue weighted by molar-refractivity contribution is 9.10. The van der Waals surface area contributed by atoms with Crippen LogP contribution in [0.3, 0.4) is 0 Å². The van der Waals surface area contributed by atoms with Crippen molar-refractivity contribution in [1.82, 2.24) is 24.4 Å². The third-order valence-electron chi connectivity index (χ3n) is 6.76. The van der Waals surface area contributed by atoms with Crippen LogP contribution in [0.15, 0.2) is 59.6 Å². The van der Waals surface area contributed by atoms with Gasteiger partial charge in [-0.25, -0.2) is 24.1 Å². The molecule has 0 bridgehead atoms. The molecule has 1 aliphatic rings. The fourth-order valence-corrected chi connectivity index (χ4v) is 5.14. The number of amides is 2. The average Bonchev–Trinajstić information content (AvgIpc) is 3.53. The maximum Gasteiger partial charge on any atom is 0.376 e. The topological polar surface area (TPSA) is 136 Å². The quantitative estimate of drug-likeness (QED) is 0.187. The van der Waals surface area contributed by atoms with Crippen LogP contribution in [-0.4, -0.2) is 73.9 Å². The van der Waals surface area contributed by atoms with Gasteiger partial charge in [-0.2, -0.15) is 0 Å². The summed E-state index contributed by atoms with van der Waals surface area (Å²) < 4.78 is 21.2. The molecular formula is C28H24BrFN6O5. The lowest BCUT2D eigenvalue weighted by Gasteiger charge is -2.24. The van der Waals surface area contributed by atoms with Gasteiger partial charge in [-0.05, 0) is 52.7 Å². The number of esters is 1. The summed E-state index contributed by atoms with van der Waals surface area (Å²) in [5.74, 6) is -1.66. The molecule has 5 rings (SSSR count). The summed E-state index contributed by atoms with van der Waals surface area (Å²) in [7, 11) is 1.24. The number of halogens is 2. The summed E-state index contributed by atoms with van der Waals surface area (Å²) in [5, 5.41) is 3.25. The van der Waals surface area contributed by atoms with Crippen LogP contribution in [0.2, 0.25) is 0 Å². The van der Waals surface area contributed by atoms with Crippen molar-refractivity contribution < 1.29 is 28.3 Å². The molecule has 0 aliphatic carbocycles. The second-order valence-corrected chi connectivity index (χ2v) is 10.3. The third kappa shape index (κ3) is 5.85. The summed E-state index contributed by atoms with van der Waals surface area (Å²) in [6.45, 7) is 1.01. The van der Waals surface area contributed by atoms with Crippen LogP contribution in [0, 0.1) is 0 Å². The van der Waals surface area contributed by atoms with Crippen LogP contribution >= 0.6 is 15.9 Å². The van der Waals surface area contributed by atoms with Gasteiger partial charge < -0.3 is 19.5 Å². The number of rotatable bonds is 7. The molecule has 13 heteroatoms. The first kappa shape index (κ1) is 28.0. The number of pyridine rings is 1. The van der Waals surface area contributed by atoms with Crippen molar-refractivity contribution in [2.45, 2.75) is 32.1 Å². The second kappa shape index (κ2) is 11.5.